The first-order chi connectivity index (χ1) is 33.0. The molecule has 2 unspecified atom stereocenters. The largest absolute Gasteiger partial charge is 0.466 e. The summed E-state index contributed by atoms with van der Waals surface area (Å²) in [6.45, 7) is 4.91. The molecular weight excluding hydrogens is 827 g/mol. The standard InChI is InChI=1S/C61H115NO5/c1-3-5-7-9-11-13-15-17-19-20-21-24-27-31-35-39-43-47-51-55-61(66)67-56-52-48-44-40-36-32-28-25-22-23-26-30-34-38-42-46-50-54-60(65)62-58(57-63)59(64)53-49-45-41-37-33-29-18-16-14-12-10-8-6-4-2/h11,13,17,19,22,25,58-59,63-64H,3-10,12,14-16,18,20-21,23-24,26-57H2,1-2H3,(H,62,65)/b13-11-,19-17-,25-22-. The van der Waals surface area contributed by atoms with E-state index >= 15 is 0 Å². The molecule has 394 valence electrons. The second-order valence-electron chi connectivity index (χ2n) is 20.3. The lowest BCUT2D eigenvalue weighted by atomic mass is 10.0. The van der Waals surface area contributed by atoms with Gasteiger partial charge in [-0.05, 0) is 83.5 Å². The van der Waals surface area contributed by atoms with Crippen LogP contribution in [0, 0.1) is 0 Å². The highest BCUT2D eigenvalue weighted by Gasteiger charge is 2.20. The fraction of sp³-hybridized carbons (Fsp3) is 0.869. The molecular formula is C61H115NO5. The molecule has 0 aromatic carbocycles. The van der Waals surface area contributed by atoms with E-state index in [9.17, 15) is 19.8 Å². The summed E-state index contributed by atoms with van der Waals surface area (Å²) in [7, 11) is 0. The summed E-state index contributed by atoms with van der Waals surface area (Å²) in [5.74, 6) is -0.0522. The van der Waals surface area contributed by atoms with Crippen LogP contribution in [0.4, 0.5) is 0 Å². The number of ether oxygens (including phenoxy) is 1. The Hall–Kier alpha value is -1.92. The quantitative estimate of drug-likeness (QED) is 0.0321. The van der Waals surface area contributed by atoms with Gasteiger partial charge in [0.15, 0.2) is 0 Å². The number of aliphatic hydroxyl groups is 2. The highest BCUT2D eigenvalue weighted by atomic mass is 16.5. The SMILES string of the molecule is CCCCC/C=C\C/C=C\CCCCCCCCCCCC(=O)OCCCCCCCC/C=C\CCCCCCCCCC(=O)NC(CO)C(O)CCCCCCCCCCCCCCCC. The van der Waals surface area contributed by atoms with Gasteiger partial charge in [0.2, 0.25) is 5.91 Å². The van der Waals surface area contributed by atoms with Gasteiger partial charge < -0.3 is 20.3 Å². The molecule has 0 radical (unpaired) electrons. The number of allylic oxidation sites excluding steroid dienone is 6. The van der Waals surface area contributed by atoms with Crippen LogP contribution in [-0.2, 0) is 14.3 Å². The van der Waals surface area contributed by atoms with E-state index in [2.05, 4.69) is 55.6 Å². The van der Waals surface area contributed by atoms with E-state index in [1.165, 1.54) is 218 Å². The number of hydrogen-bond donors (Lipinski definition) is 3. The molecule has 0 bridgehead atoms. The maximum absolute atomic E-state index is 12.5. The van der Waals surface area contributed by atoms with Crippen LogP contribution in [-0.4, -0.2) is 47.4 Å². The van der Waals surface area contributed by atoms with Gasteiger partial charge in [0.05, 0.1) is 25.4 Å². The van der Waals surface area contributed by atoms with Crippen molar-refractivity contribution < 1.29 is 24.5 Å². The van der Waals surface area contributed by atoms with E-state index < -0.39 is 12.1 Å². The fourth-order valence-electron chi connectivity index (χ4n) is 9.08. The number of carbonyl (C=O) groups is 2. The van der Waals surface area contributed by atoms with E-state index in [-0.39, 0.29) is 18.5 Å². The zero-order valence-electron chi connectivity index (χ0n) is 44.9. The monoisotopic (exact) mass is 942 g/mol. The summed E-state index contributed by atoms with van der Waals surface area (Å²) in [6.07, 6.45) is 69.9. The molecule has 0 aliphatic heterocycles. The smallest absolute Gasteiger partial charge is 0.305 e. The molecule has 6 heteroatoms. The second kappa shape index (κ2) is 56.7. The average molecular weight is 943 g/mol. The van der Waals surface area contributed by atoms with Crippen molar-refractivity contribution in [2.24, 2.45) is 0 Å². The predicted molar refractivity (Wildman–Crippen MR) is 292 cm³/mol. The van der Waals surface area contributed by atoms with Crippen molar-refractivity contribution in [3.8, 4) is 0 Å². The summed E-state index contributed by atoms with van der Waals surface area (Å²) in [4.78, 5) is 24.6. The zero-order valence-corrected chi connectivity index (χ0v) is 44.9. The van der Waals surface area contributed by atoms with Gasteiger partial charge >= 0.3 is 5.97 Å². The van der Waals surface area contributed by atoms with Crippen LogP contribution in [0.15, 0.2) is 36.5 Å². The van der Waals surface area contributed by atoms with Crippen LogP contribution in [0.2, 0.25) is 0 Å². The molecule has 0 fully saturated rings. The number of nitrogens with one attached hydrogen (secondary N) is 1. The maximum atomic E-state index is 12.5. The number of unbranched alkanes of at least 4 members (excludes halogenated alkanes) is 38. The highest BCUT2D eigenvalue weighted by molar-refractivity contribution is 5.76. The van der Waals surface area contributed by atoms with Gasteiger partial charge in [-0.3, -0.25) is 9.59 Å². The van der Waals surface area contributed by atoms with E-state index in [4.69, 9.17) is 4.74 Å². The van der Waals surface area contributed by atoms with Crippen molar-refractivity contribution in [3.63, 3.8) is 0 Å². The fourth-order valence-corrected chi connectivity index (χ4v) is 9.08. The Kier molecular flexibility index (Phi) is 55.0. The summed E-state index contributed by atoms with van der Waals surface area (Å²) in [6, 6.07) is -0.551. The third-order valence-corrected chi connectivity index (χ3v) is 13.7. The first-order valence-electron chi connectivity index (χ1n) is 29.7. The third-order valence-electron chi connectivity index (χ3n) is 13.7. The van der Waals surface area contributed by atoms with Crippen molar-refractivity contribution in [1.82, 2.24) is 5.32 Å². The highest BCUT2D eigenvalue weighted by Crippen LogP contribution is 2.17. The number of aliphatic hydroxyl groups excluding tert-OH is 2. The topological polar surface area (TPSA) is 95.9 Å². The second-order valence-corrected chi connectivity index (χ2v) is 20.3. The Morgan fingerprint density at radius 3 is 1.18 bits per heavy atom. The van der Waals surface area contributed by atoms with Crippen LogP contribution in [0.25, 0.3) is 0 Å². The lowest BCUT2D eigenvalue weighted by Gasteiger charge is -2.22. The third kappa shape index (κ3) is 53.3. The molecule has 0 aliphatic rings. The van der Waals surface area contributed by atoms with Gasteiger partial charge in [0, 0.05) is 12.8 Å². The van der Waals surface area contributed by atoms with Crippen LogP contribution >= 0.6 is 0 Å². The molecule has 0 heterocycles. The molecule has 3 N–H and O–H groups in total. The van der Waals surface area contributed by atoms with E-state index in [1.807, 2.05) is 0 Å². The van der Waals surface area contributed by atoms with Gasteiger partial charge in [0.25, 0.3) is 0 Å². The molecule has 0 aromatic heterocycles. The van der Waals surface area contributed by atoms with Crippen LogP contribution < -0.4 is 5.32 Å². The lowest BCUT2D eigenvalue weighted by Crippen LogP contribution is -2.45. The first-order valence-corrected chi connectivity index (χ1v) is 29.7. The first kappa shape index (κ1) is 65.1. The average Bonchev–Trinajstić information content (AvgIpc) is 3.33. The van der Waals surface area contributed by atoms with Crippen LogP contribution in [0.3, 0.4) is 0 Å². The summed E-state index contributed by atoms with van der Waals surface area (Å²) in [5, 5.41) is 23.2. The molecule has 0 rings (SSSR count). The molecule has 0 saturated heterocycles. The summed E-state index contributed by atoms with van der Waals surface area (Å²) in [5.41, 5.74) is 0. The number of hydrogen-bond acceptors (Lipinski definition) is 5. The van der Waals surface area contributed by atoms with Gasteiger partial charge in [-0.1, -0.05) is 256 Å². The van der Waals surface area contributed by atoms with E-state index in [1.54, 1.807) is 0 Å². The Morgan fingerprint density at radius 1 is 0.418 bits per heavy atom. The number of rotatable bonds is 55. The molecule has 0 aliphatic carbocycles. The van der Waals surface area contributed by atoms with Gasteiger partial charge in [-0.2, -0.15) is 0 Å². The zero-order chi connectivity index (χ0) is 48.6. The van der Waals surface area contributed by atoms with Crippen molar-refractivity contribution >= 4 is 11.9 Å². The Labute approximate surface area is 417 Å². The summed E-state index contributed by atoms with van der Waals surface area (Å²) >= 11 is 0. The molecule has 0 aromatic rings. The van der Waals surface area contributed by atoms with Crippen molar-refractivity contribution in [2.75, 3.05) is 13.2 Å². The van der Waals surface area contributed by atoms with Gasteiger partial charge in [-0.25, -0.2) is 0 Å². The minimum atomic E-state index is -0.672. The summed E-state index contributed by atoms with van der Waals surface area (Å²) < 4.78 is 5.48. The van der Waals surface area contributed by atoms with Gasteiger partial charge in [0.1, 0.15) is 0 Å². The Morgan fingerprint density at radius 2 is 0.746 bits per heavy atom. The molecule has 1 amide bonds. The predicted octanol–water partition coefficient (Wildman–Crippen LogP) is 18.4. The molecule has 0 spiro atoms. The minimum absolute atomic E-state index is 0.00555. The number of esters is 1. The van der Waals surface area contributed by atoms with Crippen LogP contribution in [0.1, 0.15) is 316 Å². The normalized spacial score (nSPS) is 12.8. The van der Waals surface area contributed by atoms with Crippen molar-refractivity contribution in [1.29, 1.82) is 0 Å². The lowest BCUT2D eigenvalue weighted by molar-refractivity contribution is -0.143. The minimum Gasteiger partial charge on any atom is -0.466 e. The van der Waals surface area contributed by atoms with E-state index in [0.29, 0.717) is 25.9 Å². The Bertz CT molecular complexity index is 1090. The van der Waals surface area contributed by atoms with E-state index in [0.717, 1.165) is 64.2 Å². The van der Waals surface area contributed by atoms with Crippen molar-refractivity contribution in [2.45, 2.75) is 328 Å². The number of amides is 1. The Balaban J connectivity index is 3.44. The molecule has 2 atom stereocenters. The number of carbonyl (C=O) groups excluding carboxylic acids is 2. The molecule has 0 saturated carbocycles. The maximum Gasteiger partial charge on any atom is 0.305 e. The molecule has 67 heavy (non-hydrogen) atoms. The molecule has 6 nitrogen and oxygen atoms in total. The van der Waals surface area contributed by atoms with Crippen molar-refractivity contribution in [3.05, 3.63) is 36.5 Å². The van der Waals surface area contributed by atoms with Gasteiger partial charge in [-0.15, -0.1) is 0 Å². The van der Waals surface area contributed by atoms with Crippen LogP contribution in [0.5, 0.6) is 0 Å².